The van der Waals surface area contributed by atoms with E-state index in [0.29, 0.717) is 28.4 Å². The summed E-state index contributed by atoms with van der Waals surface area (Å²) in [6.45, 7) is 1.64. The highest BCUT2D eigenvalue weighted by molar-refractivity contribution is 6.07. The molecule has 0 bridgehead atoms. The number of piperidine rings is 1. The SMILES string of the molecule is NC(=O)c1nn(-c2ccc(CC3CC4(CCN(c5ccc(N)cc5F)CC4)C3)cc2)cc1NC(=O)c1cccc(C(F)(F)F)n1. The Hall–Kier alpha value is -4.94. The molecular weight excluding hydrogens is 590 g/mol. The van der Waals surface area contributed by atoms with E-state index in [0.717, 1.165) is 69.0 Å². The van der Waals surface area contributed by atoms with E-state index >= 15 is 0 Å². The summed E-state index contributed by atoms with van der Waals surface area (Å²) in [5.74, 6) is -1.59. The maximum absolute atomic E-state index is 14.4. The Labute approximate surface area is 256 Å². The number of benzene rings is 2. The lowest BCUT2D eigenvalue weighted by atomic mass is 9.56. The monoisotopic (exact) mass is 621 g/mol. The number of hydrogen-bond donors (Lipinski definition) is 3. The van der Waals surface area contributed by atoms with Crippen molar-refractivity contribution in [1.29, 1.82) is 0 Å². The number of halogens is 4. The van der Waals surface area contributed by atoms with Crippen LogP contribution in [0, 0.1) is 17.2 Å². The van der Waals surface area contributed by atoms with Crippen molar-refractivity contribution in [3.8, 4) is 5.69 Å². The van der Waals surface area contributed by atoms with Crippen molar-refractivity contribution in [2.24, 2.45) is 17.1 Å². The zero-order valence-corrected chi connectivity index (χ0v) is 24.1. The molecule has 2 aromatic carbocycles. The Morgan fingerprint density at radius 3 is 2.38 bits per heavy atom. The predicted octanol–water partition coefficient (Wildman–Crippen LogP) is 5.60. The van der Waals surface area contributed by atoms with Crippen LogP contribution in [-0.2, 0) is 12.6 Å². The van der Waals surface area contributed by atoms with Crippen molar-refractivity contribution < 1.29 is 27.2 Å². The minimum Gasteiger partial charge on any atom is -0.399 e. The number of carbonyl (C=O) groups is 2. The molecule has 9 nitrogen and oxygen atoms in total. The summed E-state index contributed by atoms with van der Waals surface area (Å²) in [6, 6.07) is 15.4. The van der Waals surface area contributed by atoms with Gasteiger partial charge in [-0.15, -0.1) is 0 Å². The van der Waals surface area contributed by atoms with E-state index in [9.17, 15) is 27.2 Å². The first-order valence-electron chi connectivity index (χ1n) is 14.5. The molecule has 234 valence electrons. The summed E-state index contributed by atoms with van der Waals surface area (Å²) in [4.78, 5) is 30.2. The van der Waals surface area contributed by atoms with Crippen molar-refractivity contribution in [3.63, 3.8) is 0 Å². The second kappa shape index (κ2) is 11.5. The molecule has 1 aliphatic heterocycles. The van der Waals surface area contributed by atoms with Crippen molar-refractivity contribution >= 4 is 28.9 Å². The van der Waals surface area contributed by atoms with E-state index in [4.69, 9.17) is 11.5 Å². The third kappa shape index (κ3) is 6.33. The van der Waals surface area contributed by atoms with Crippen LogP contribution in [0.25, 0.3) is 5.69 Å². The molecule has 1 saturated heterocycles. The molecule has 1 aliphatic carbocycles. The number of rotatable bonds is 7. The summed E-state index contributed by atoms with van der Waals surface area (Å²) in [6.07, 6.45) is 1.86. The lowest BCUT2D eigenvalue weighted by molar-refractivity contribution is -0.141. The number of nitrogens with two attached hydrogens (primary N) is 2. The summed E-state index contributed by atoms with van der Waals surface area (Å²) >= 11 is 0. The van der Waals surface area contributed by atoms with Gasteiger partial charge in [-0.3, -0.25) is 9.59 Å². The molecule has 2 aromatic heterocycles. The molecule has 5 N–H and O–H groups in total. The smallest absolute Gasteiger partial charge is 0.399 e. The third-order valence-corrected chi connectivity index (χ3v) is 8.77. The molecule has 13 heteroatoms. The van der Waals surface area contributed by atoms with Gasteiger partial charge in [-0.05, 0) is 91.5 Å². The quantitative estimate of drug-likeness (QED) is 0.182. The van der Waals surface area contributed by atoms with Gasteiger partial charge in [0.25, 0.3) is 11.8 Å². The Kier molecular flexibility index (Phi) is 7.71. The molecule has 4 aromatic rings. The van der Waals surface area contributed by atoms with E-state index in [1.165, 1.54) is 16.9 Å². The van der Waals surface area contributed by atoms with E-state index in [1.54, 1.807) is 12.1 Å². The number of nitrogens with one attached hydrogen (secondary N) is 1. The number of primary amides is 1. The highest BCUT2D eigenvalue weighted by Gasteiger charge is 2.45. The number of pyridine rings is 1. The zero-order valence-electron chi connectivity index (χ0n) is 24.1. The molecule has 0 unspecified atom stereocenters. The van der Waals surface area contributed by atoms with Crippen LogP contribution in [0.2, 0.25) is 0 Å². The maximum atomic E-state index is 14.4. The van der Waals surface area contributed by atoms with E-state index < -0.39 is 29.4 Å². The van der Waals surface area contributed by atoms with E-state index in [-0.39, 0.29) is 17.2 Å². The number of nitrogens with zero attached hydrogens (tertiary/aromatic N) is 4. The average Bonchev–Trinajstić information content (AvgIpc) is 3.41. The van der Waals surface area contributed by atoms with Crippen LogP contribution in [0.3, 0.4) is 0 Å². The van der Waals surface area contributed by atoms with Crippen LogP contribution in [-0.4, -0.2) is 39.7 Å². The van der Waals surface area contributed by atoms with Gasteiger partial charge in [0.2, 0.25) is 0 Å². The Morgan fingerprint density at radius 2 is 1.73 bits per heavy atom. The molecule has 2 amide bonds. The Bertz CT molecular complexity index is 1740. The zero-order chi connectivity index (χ0) is 31.9. The molecule has 45 heavy (non-hydrogen) atoms. The highest BCUT2D eigenvalue weighted by Crippen LogP contribution is 2.54. The van der Waals surface area contributed by atoms with Crippen molar-refractivity contribution in [2.75, 3.05) is 29.0 Å². The highest BCUT2D eigenvalue weighted by atomic mass is 19.4. The number of alkyl halides is 3. The van der Waals surface area contributed by atoms with Crippen LogP contribution in [0.5, 0.6) is 0 Å². The van der Waals surface area contributed by atoms with Crippen LogP contribution in [0.1, 0.15) is 57.9 Å². The van der Waals surface area contributed by atoms with Crippen LogP contribution >= 0.6 is 0 Å². The van der Waals surface area contributed by atoms with Gasteiger partial charge in [-0.25, -0.2) is 14.1 Å². The number of aromatic nitrogens is 3. The molecule has 0 atom stereocenters. The van der Waals surface area contributed by atoms with Crippen LogP contribution in [0.4, 0.5) is 34.6 Å². The normalized spacial score (nSPS) is 16.4. The summed E-state index contributed by atoms with van der Waals surface area (Å²) in [7, 11) is 0. The largest absolute Gasteiger partial charge is 0.433 e. The number of anilines is 3. The third-order valence-electron chi connectivity index (χ3n) is 8.77. The molecule has 0 radical (unpaired) electrons. The van der Waals surface area contributed by atoms with Crippen LogP contribution in [0.15, 0.2) is 66.9 Å². The Balaban J connectivity index is 1.06. The maximum Gasteiger partial charge on any atom is 0.433 e. The number of amides is 2. The number of carbonyl (C=O) groups excluding carboxylic acids is 2. The molecular formula is C32H31F4N7O2. The fourth-order valence-electron chi connectivity index (χ4n) is 6.52. The molecule has 1 spiro atoms. The first-order valence-corrected chi connectivity index (χ1v) is 14.5. The minimum atomic E-state index is -4.72. The first kappa shape index (κ1) is 30.1. The fraction of sp³-hybridized carbons (Fsp3) is 0.312. The van der Waals surface area contributed by atoms with Gasteiger partial charge in [0.1, 0.15) is 17.2 Å². The molecule has 6 rings (SSSR count). The van der Waals surface area contributed by atoms with Gasteiger partial charge in [-0.2, -0.15) is 18.3 Å². The lowest BCUT2D eigenvalue weighted by Gasteiger charge is -2.53. The van der Waals surface area contributed by atoms with Gasteiger partial charge in [0.15, 0.2) is 5.69 Å². The standard InChI is InChI=1S/C32H31F4N7O2/c33-23-15-21(37)6-9-26(23)42-12-10-31(11-13-42)16-20(17-31)14-19-4-7-22(8-5-19)43-18-25(28(41-43)29(38)44)40-30(45)24-2-1-3-27(39-24)32(34,35)36/h1-9,15,18,20H,10-14,16-17,37H2,(H2,38,44)(H,40,45). The molecule has 1 saturated carbocycles. The first-order chi connectivity index (χ1) is 21.4. The van der Waals surface area contributed by atoms with Crippen LogP contribution < -0.4 is 21.7 Å². The second-order valence-electron chi connectivity index (χ2n) is 11.9. The molecule has 2 fully saturated rings. The molecule has 2 aliphatic rings. The molecule has 3 heterocycles. The van der Waals surface area contributed by atoms with Crippen molar-refractivity contribution in [2.45, 2.75) is 38.3 Å². The second-order valence-corrected chi connectivity index (χ2v) is 11.9. The topological polar surface area (TPSA) is 132 Å². The van der Waals surface area contributed by atoms with Gasteiger partial charge < -0.3 is 21.7 Å². The number of nitrogen functional groups attached to an aromatic ring is 1. The fourth-order valence-corrected chi connectivity index (χ4v) is 6.52. The lowest BCUT2D eigenvalue weighted by Crippen LogP contribution is -2.47. The predicted molar refractivity (Wildman–Crippen MR) is 160 cm³/mol. The van der Waals surface area contributed by atoms with Crippen molar-refractivity contribution in [3.05, 3.63) is 95.3 Å². The van der Waals surface area contributed by atoms with Gasteiger partial charge >= 0.3 is 6.18 Å². The van der Waals surface area contributed by atoms with Crippen molar-refractivity contribution in [1.82, 2.24) is 14.8 Å². The average molecular weight is 622 g/mol. The van der Waals surface area contributed by atoms with Gasteiger partial charge in [-0.1, -0.05) is 18.2 Å². The minimum absolute atomic E-state index is 0.0549. The summed E-state index contributed by atoms with van der Waals surface area (Å²) < 4.78 is 54.8. The number of hydrogen-bond acceptors (Lipinski definition) is 6. The van der Waals surface area contributed by atoms with Gasteiger partial charge in [0, 0.05) is 18.8 Å². The Morgan fingerprint density at radius 1 is 1.02 bits per heavy atom. The van der Waals surface area contributed by atoms with E-state index in [1.807, 2.05) is 24.3 Å². The van der Waals surface area contributed by atoms with E-state index in [2.05, 4.69) is 20.3 Å². The summed E-state index contributed by atoms with van der Waals surface area (Å²) in [5.41, 5.74) is 12.2. The van der Waals surface area contributed by atoms with Gasteiger partial charge in [0.05, 0.1) is 23.3 Å². The summed E-state index contributed by atoms with van der Waals surface area (Å²) in [5, 5.41) is 6.58.